The lowest BCUT2D eigenvalue weighted by Crippen LogP contribution is -2.08. The summed E-state index contributed by atoms with van der Waals surface area (Å²) < 4.78 is 0. The zero-order valence-electron chi connectivity index (χ0n) is 16.3. The van der Waals surface area contributed by atoms with Crippen molar-refractivity contribution in [3.63, 3.8) is 0 Å². The summed E-state index contributed by atoms with van der Waals surface area (Å²) in [5, 5.41) is 29.1. The average Bonchev–Trinajstić information content (AvgIpc) is 2.80. The van der Waals surface area contributed by atoms with Gasteiger partial charge in [-0.1, -0.05) is 30.3 Å². The molecule has 0 atom stereocenters. The van der Waals surface area contributed by atoms with Gasteiger partial charge in [-0.25, -0.2) is 0 Å². The van der Waals surface area contributed by atoms with Gasteiger partial charge in [-0.15, -0.1) is 0 Å². The van der Waals surface area contributed by atoms with Gasteiger partial charge < -0.3 is 5.11 Å². The lowest BCUT2D eigenvalue weighted by atomic mass is 9.99. The number of aromatic nitrogens is 1. The number of aromatic amines is 1. The number of pyridine rings is 1. The zero-order chi connectivity index (χ0) is 21.8. The van der Waals surface area contributed by atoms with Gasteiger partial charge in [-0.3, -0.25) is 14.8 Å². The van der Waals surface area contributed by atoms with Gasteiger partial charge in [-0.05, 0) is 53.1 Å². The summed E-state index contributed by atoms with van der Waals surface area (Å²) in [4.78, 5) is 19.2. The standard InChI is InChI=1S/C25H16N4O2/c26-12-11-16-3-8-20(9-4-16)28-15-23-22-13-19(18-5-1-17(14-27)2-6-18)7-10-21(22)24(30)29-25(23)31/h1-10,13,15H,11H2,(H2,29,30,31). The Balaban J connectivity index is 1.79. The number of hydrogen-bond acceptors (Lipinski definition) is 5. The minimum Gasteiger partial charge on any atom is -0.494 e. The first-order chi connectivity index (χ1) is 15.1. The van der Waals surface area contributed by atoms with Crippen molar-refractivity contribution >= 4 is 22.7 Å². The number of fused-ring (bicyclic) bond motifs is 1. The maximum absolute atomic E-state index is 12.3. The molecular formula is C25H16N4O2. The first-order valence-corrected chi connectivity index (χ1v) is 9.48. The number of H-pyrrole nitrogens is 1. The molecule has 1 heterocycles. The maximum Gasteiger partial charge on any atom is 0.258 e. The summed E-state index contributed by atoms with van der Waals surface area (Å²) in [6, 6.07) is 23.9. The lowest BCUT2D eigenvalue weighted by Gasteiger charge is -2.08. The Morgan fingerprint density at radius 2 is 1.65 bits per heavy atom. The number of rotatable bonds is 4. The third-order valence-electron chi connectivity index (χ3n) is 4.95. The van der Waals surface area contributed by atoms with Gasteiger partial charge in [0.1, 0.15) is 0 Å². The molecule has 2 N–H and O–H groups in total. The van der Waals surface area contributed by atoms with E-state index in [0.717, 1.165) is 16.7 Å². The Morgan fingerprint density at radius 3 is 2.32 bits per heavy atom. The van der Waals surface area contributed by atoms with E-state index in [0.29, 0.717) is 34.0 Å². The topological polar surface area (TPSA) is 113 Å². The molecule has 0 bridgehead atoms. The van der Waals surface area contributed by atoms with Crippen molar-refractivity contribution in [1.82, 2.24) is 4.98 Å². The van der Waals surface area contributed by atoms with Crippen LogP contribution in [0.25, 0.3) is 21.9 Å². The van der Waals surface area contributed by atoms with Gasteiger partial charge in [0, 0.05) is 17.0 Å². The smallest absolute Gasteiger partial charge is 0.258 e. The monoisotopic (exact) mass is 404 g/mol. The van der Waals surface area contributed by atoms with Crippen molar-refractivity contribution < 1.29 is 5.11 Å². The number of hydrogen-bond donors (Lipinski definition) is 2. The van der Waals surface area contributed by atoms with Crippen LogP contribution in [0, 0.1) is 22.7 Å². The molecule has 0 saturated carbocycles. The highest BCUT2D eigenvalue weighted by atomic mass is 16.3. The summed E-state index contributed by atoms with van der Waals surface area (Å²) in [7, 11) is 0. The molecule has 0 saturated heterocycles. The van der Waals surface area contributed by atoms with Crippen LogP contribution >= 0.6 is 0 Å². The average molecular weight is 404 g/mol. The third-order valence-corrected chi connectivity index (χ3v) is 4.95. The summed E-state index contributed by atoms with van der Waals surface area (Å²) >= 11 is 0. The summed E-state index contributed by atoms with van der Waals surface area (Å²) in [6.07, 6.45) is 1.84. The van der Waals surface area contributed by atoms with E-state index in [1.807, 2.05) is 36.4 Å². The molecule has 0 aliphatic carbocycles. The second-order valence-electron chi connectivity index (χ2n) is 6.93. The van der Waals surface area contributed by atoms with Crippen LogP contribution in [0.5, 0.6) is 5.88 Å². The van der Waals surface area contributed by atoms with Crippen LogP contribution in [0.1, 0.15) is 16.7 Å². The molecule has 6 heteroatoms. The first kappa shape index (κ1) is 19.6. The molecule has 1 aromatic heterocycles. The number of benzene rings is 3. The van der Waals surface area contributed by atoms with Crippen molar-refractivity contribution in [2.75, 3.05) is 0 Å². The van der Waals surface area contributed by atoms with E-state index in [9.17, 15) is 9.90 Å². The Bertz CT molecular complexity index is 1440. The lowest BCUT2D eigenvalue weighted by molar-refractivity contribution is 0.452. The Kier molecular flexibility index (Phi) is 5.29. The molecule has 3 aromatic carbocycles. The van der Waals surface area contributed by atoms with Crippen LogP contribution in [-0.2, 0) is 6.42 Å². The number of aliphatic imine (C=N–C) groups is 1. The predicted molar refractivity (Wildman–Crippen MR) is 119 cm³/mol. The van der Waals surface area contributed by atoms with Crippen LogP contribution < -0.4 is 5.56 Å². The van der Waals surface area contributed by atoms with E-state index in [2.05, 4.69) is 22.1 Å². The van der Waals surface area contributed by atoms with E-state index < -0.39 is 5.56 Å². The molecule has 148 valence electrons. The normalized spacial score (nSPS) is 10.8. The van der Waals surface area contributed by atoms with E-state index in [1.165, 1.54) is 6.21 Å². The summed E-state index contributed by atoms with van der Waals surface area (Å²) in [6.45, 7) is 0. The maximum atomic E-state index is 12.3. The van der Waals surface area contributed by atoms with Crippen LogP contribution in [0.2, 0.25) is 0 Å². The largest absolute Gasteiger partial charge is 0.494 e. The molecule has 0 amide bonds. The highest BCUT2D eigenvalue weighted by molar-refractivity contribution is 6.03. The SMILES string of the molecule is N#CCc1ccc(N=Cc2c(O)[nH]c(=O)c3ccc(-c4ccc(C#N)cc4)cc23)cc1. The van der Waals surface area contributed by atoms with E-state index in [-0.39, 0.29) is 5.88 Å². The summed E-state index contributed by atoms with van der Waals surface area (Å²) in [5.41, 5.74) is 3.85. The highest BCUT2D eigenvalue weighted by Crippen LogP contribution is 2.28. The second kappa shape index (κ2) is 8.36. The van der Waals surface area contributed by atoms with Crippen molar-refractivity contribution in [2.45, 2.75) is 6.42 Å². The third kappa shape index (κ3) is 4.05. The van der Waals surface area contributed by atoms with Crippen molar-refractivity contribution in [3.8, 4) is 29.1 Å². The van der Waals surface area contributed by atoms with Crippen LogP contribution in [0.4, 0.5) is 5.69 Å². The molecule has 0 radical (unpaired) electrons. The minimum absolute atomic E-state index is 0.265. The van der Waals surface area contributed by atoms with Gasteiger partial charge in [0.25, 0.3) is 5.56 Å². The molecule has 4 aromatic rings. The van der Waals surface area contributed by atoms with Crippen LogP contribution in [-0.4, -0.2) is 16.3 Å². The van der Waals surface area contributed by atoms with Crippen LogP contribution in [0.15, 0.2) is 76.5 Å². The van der Waals surface area contributed by atoms with E-state index in [4.69, 9.17) is 10.5 Å². The fourth-order valence-corrected chi connectivity index (χ4v) is 3.31. The van der Waals surface area contributed by atoms with Crippen molar-refractivity contribution in [2.24, 2.45) is 4.99 Å². The number of nitrogens with one attached hydrogen (secondary N) is 1. The van der Waals surface area contributed by atoms with Gasteiger partial charge in [0.15, 0.2) is 0 Å². The molecule has 0 aliphatic rings. The molecule has 6 nitrogen and oxygen atoms in total. The molecule has 0 spiro atoms. The van der Waals surface area contributed by atoms with E-state index >= 15 is 0 Å². The fraction of sp³-hybridized carbons (Fsp3) is 0.0400. The number of aromatic hydroxyl groups is 1. The van der Waals surface area contributed by atoms with Gasteiger partial charge in [0.05, 0.1) is 35.4 Å². The van der Waals surface area contributed by atoms with Gasteiger partial charge >= 0.3 is 0 Å². The summed E-state index contributed by atoms with van der Waals surface area (Å²) in [5.74, 6) is -0.265. The minimum atomic E-state index is -0.392. The predicted octanol–water partition coefficient (Wildman–Crippen LogP) is 4.59. The van der Waals surface area contributed by atoms with Crippen molar-refractivity contribution in [1.29, 1.82) is 10.5 Å². The molecule has 0 unspecified atom stereocenters. The Morgan fingerprint density at radius 1 is 0.935 bits per heavy atom. The second-order valence-corrected chi connectivity index (χ2v) is 6.93. The number of nitrogens with zero attached hydrogens (tertiary/aromatic N) is 3. The van der Waals surface area contributed by atoms with Crippen molar-refractivity contribution in [3.05, 3.63) is 93.8 Å². The Hall–Kier alpha value is -4.68. The Labute approximate surface area is 178 Å². The molecule has 0 fully saturated rings. The fourth-order valence-electron chi connectivity index (χ4n) is 3.31. The molecule has 0 aliphatic heterocycles. The van der Waals surface area contributed by atoms with Gasteiger partial charge in [0.2, 0.25) is 5.88 Å². The zero-order valence-corrected chi connectivity index (χ0v) is 16.3. The highest BCUT2D eigenvalue weighted by Gasteiger charge is 2.11. The van der Waals surface area contributed by atoms with E-state index in [1.54, 1.807) is 30.3 Å². The molecule has 4 rings (SSSR count). The van der Waals surface area contributed by atoms with Crippen LogP contribution in [0.3, 0.4) is 0 Å². The molecular weight excluding hydrogens is 388 g/mol. The molecule has 31 heavy (non-hydrogen) atoms. The van der Waals surface area contributed by atoms with Gasteiger partial charge in [-0.2, -0.15) is 10.5 Å². The first-order valence-electron chi connectivity index (χ1n) is 9.48. The number of nitriles is 2. The quantitative estimate of drug-likeness (QED) is 0.484.